The molecule has 1 saturated heterocycles. The lowest BCUT2D eigenvalue weighted by molar-refractivity contribution is -0.121. The minimum atomic E-state index is -0.215. The molecular formula is C17H23FN4OS. The van der Waals surface area contributed by atoms with E-state index in [4.69, 9.17) is 0 Å². The SMILES string of the molecule is CCCC(=O)NCCN1CCN(c2nc3ccc(F)cc3s2)CC1. The predicted octanol–water partition coefficient (Wildman–Crippen LogP) is 2.47. The van der Waals surface area contributed by atoms with Gasteiger partial charge in [-0.3, -0.25) is 9.69 Å². The number of thiazole rings is 1. The number of piperazine rings is 1. The van der Waals surface area contributed by atoms with Crippen LogP contribution in [0.25, 0.3) is 10.2 Å². The molecule has 2 heterocycles. The Morgan fingerprint density at radius 3 is 2.88 bits per heavy atom. The van der Waals surface area contributed by atoms with Crippen LogP contribution in [0, 0.1) is 5.82 Å². The van der Waals surface area contributed by atoms with Crippen molar-refractivity contribution in [1.82, 2.24) is 15.2 Å². The fourth-order valence-corrected chi connectivity index (χ4v) is 3.90. The molecule has 1 aromatic carbocycles. The Morgan fingerprint density at radius 2 is 2.12 bits per heavy atom. The summed E-state index contributed by atoms with van der Waals surface area (Å²) in [5.74, 6) is -0.0783. The molecule has 2 aromatic rings. The summed E-state index contributed by atoms with van der Waals surface area (Å²) in [6, 6.07) is 4.74. The van der Waals surface area contributed by atoms with Gasteiger partial charge in [-0.1, -0.05) is 18.3 Å². The van der Waals surface area contributed by atoms with E-state index in [0.717, 1.165) is 54.5 Å². The second-order valence-electron chi connectivity index (χ2n) is 6.04. The average Bonchev–Trinajstić information content (AvgIpc) is 2.99. The smallest absolute Gasteiger partial charge is 0.220 e. The highest BCUT2D eigenvalue weighted by Gasteiger charge is 2.19. The summed E-state index contributed by atoms with van der Waals surface area (Å²) in [5, 5.41) is 3.92. The fraction of sp³-hybridized carbons (Fsp3) is 0.529. The molecule has 0 aliphatic carbocycles. The molecule has 1 aliphatic rings. The van der Waals surface area contributed by atoms with Gasteiger partial charge >= 0.3 is 0 Å². The summed E-state index contributed by atoms with van der Waals surface area (Å²) in [7, 11) is 0. The molecule has 3 rings (SSSR count). The van der Waals surface area contributed by atoms with E-state index in [2.05, 4.69) is 20.1 Å². The highest BCUT2D eigenvalue weighted by atomic mass is 32.1. The van der Waals surface area contributed by atoms with Crippen LogP contribution in [0.2, 0.25) is 0 Å². The van der Waals surface area contributed by atoms with Gasteiger partial charge in [-0.15, -0.1) is 0 Å². The summed E-state index contributed by atoms with van der Waals surface area (Å²) in [6.07, 6.45) is 1.49. The third-order valence-electron chi connectivity index (χ3n) is 4.21. The zero-order valence-corrected chi connectivity index (χ0v) is 14.7. The van der Waals surface area contributed by atoms with E-state index < -0.39 is 0 Å². The maximum atomic E-state index is 13.3. The lowest BCUT2D eigenvalue weighted by Gasteiger charge is -2.34. The minimum Gasteiger partial charge on any atom is -0.355 e. The molecule has 1 N–H and O–H groups in total. The number of benzene rings is 1. The van der Waals surface area contributed by atoms with Gasteiger partial charge in [-0.25, -0.2) is 9.37 Å². The summed E-state index contributed by atoms with van der Waals surface area (Å²) >= 11 is 1.55. The van der Waals surface area contributed by atoms with Crippen LogP contribution in [0.15, 0.2) is 18.2 Å². The van der Waals surface area contributed by atoms with Crippen molar-refractivity contribution >= 4 is 32.6 Å². The number of carbonyl (C=O) groups excluding carboxylic acids is 1. The zero-order valence-electron chi connectivity index (χ0n) is 13.9. The first-order chi connectivity index (χ1) is 11.7. The number of aromatic nitrogens is 1. The van der Waals surface area contributed by atoms with Crippen molar-refractivity contribution in [3.8, 4) is 0 Å². The summed E-state index contributed by atoms with van der Waals surface area (Å²) in [5.41, 5.74) is 0.859. The Kier molecular flexibility index (Phi) is 5.63. The molecule has 1 amide bonds. The van der Waals surface area contributed by atoms with Crippen molar-refractivity contribution in [2.45, 2.75) is 19.8 Å². The van der Waals surface area contributed by atoms with Gasteiger partial charge in [0.2, 0.25) is 5.91 Å². The van der Waals surface area contributed by atoms with E-state index in [0.29, 0.717) is 13.0 Å². The molecular weight excluding hydrogens is 327 g/mol. The van der Waals surface area contributed by atoms with Crippen molar-refractivity contribution in [3.05, 3.63) is 24.0 Å². The topological polar surface area (TPSA) is 48.5 Å². The molecule has 24 heavy (non-hydrogen) atoms. The van der Waals surface area contributed by atoms with Gasteiger partial charge < -0.3 is 10.2 Å². The van der Waals surface area contributed by atoms with E-state index in [9.17, 15) is 9.18 Å². The lowest BCUT2D eigenvalue weighted by Crippen LogP contribution is -2.48. The molecule has 0 radical (unpaired) electrons. The number of rotatable bonds is 6. The Hall–Kier alpha value is -1.73. The van der Waals surface area contributed by atoms with Gasteiger partial charge in [0.05, 0.1) is 10.2 Å². The van der Waals surface area contributed by atoms with Crippen LogP contribution in [0.4, 0.5) is 9.52 Å². The number of nitrogens with one attached hydrogen (secondary N) is 1. The largest absolute Gasteiger partial charge is 0.355 e. The van der Waals surface area contributed by atoms with Gasteiger partial charge in [0, 0.05) is 45.7 Å². The van der Waals surface area contributed by atoms with E-state index in [1.165, 1.54) is 6.07 Å². The molecule has 0 saturated carbocycles. The van der Waals surface area contributed by atoms with Crippen LogP contribution in [0.5, 0.6) is 0 Å². The highest BCUT2D eigenvalue weighted by Crippen LogP contribution is 2.29. The van der Waals surface area contributed by atoms with Gasteiger partial charge in [0.15, 0.2) is 5.13 Å². The van der Waals surface area contributed by atoms with Gasteiger partial charge in [-0.05, 0) is 24.6 Å². The second kappa shape index (κ2) is 7.90. The standard InChI is InChI=1S/C17H23FN4OS/c1-2-3-16(23)19-6-7-21-8-10-22(11-9-21)17-20-14-5-4-13(18)12-15(14)24-17/h4-5,12H,2-3,6-11H2,1H3,(H,19,23). The molecule has 130 valence electrons. The van der Waals surface area contributed by atoms with E-state index in [-0.39, 0.29) is 11.7 Å². The molecule has 0 spiro atoms. The Morgan fingerprint density at radius 1 is 1.33 bits per heavy atom. The van der Waals surface area contributed by atoms with Crippen LogP contribution < -0.4 is 10.2 Å². The number of hydrogen-bond donors (Lipinski definition) is 1. The predicted molar refractivity (Wildman–Crippen MR) is 96.1 cm³/mol. The fourth-order valence-electron chi connectivity index (χ4n) is 2.85. The van der Waals surface area contributed by atoms with Crippen LogP contribution >= 0.6 is 11.3 Å². The molecule has 5 nitrogen and oxygen atoms in total. The Balaban J connectivity index is 1.48. The van der Waals surface area contributed by atoms with E-state index in [1.54, 1.807) is 23.5 Å². The normalized spacial score (nSPS) is 15.8. The molecule has 1 fully saturated rings. The number of hydrogen-bond acceptors (Lipinski definition) is 5. The van der Waals surface area contributed by atoms with Crippen LogP contribution in [-0.2, 0) is 4.79 Å². The third-order valence-corrected chi connectivity index (χ3v) is 5.29. The highest BCUT2D eigenvalue weighted by molar-refractivity contribution is 7.22. The number of amides is 1. The van der Waals surface area contributed by atoms with Gasteiger partial charge in [0.25, 0.3) is 0 Å². The van der Waals surface area contributed by atoms with E-state index in [1.807, 2.05) is 6.92 Å². The molecule has 1 aliphatic heterocycles. The number of fused-ring (bicyclic) bond motifs is 1. The maximum absolute atomic E-state index is 13.3. The first-order valence-electron chi connectivity index (χ1n) is 8.46. The van der Waals surface area contributed by atoms with Crippen molar-refractivity contribution in [2.75, 3.05) is 44.2 Å². The summed E-state index contributed by atoms with van der Waals surface area (Å²) in [6.45, 7) is 7.32. The van der Waals surface area contributed by atoms with Gasteiger partial charge in [0.1, 0.15) is 5.82 Å². The summed E-state index contributed by atoms with van der Waals surface area (Å²) in [4.78, 5) is 20.7. The van der Waals surface area contributed by atoms with Crippen LogP contribution in [0.1, 0.15) is 19.8 Å². The number of carbonyl (C=O) groups is 1. The van der Waals surface area contributed by atoms with Crippen LogP contribution in [-0.4, -0.2) is 55.1 Å². The van der Waals surface area contributed by atoms with Crippen molar-refractivity contribution in [1.29, 1.82) is 0 Å². The first-order valence-corrected chi connectivity index (χ1v) is 9.27. The molecule has 7 heteroatoms. The lowest BCUT2D eigenvalue weighted by atomic mass is 10.3. The second-order valence-corrected chi connectivity index (χ2v) is 7.05. The average molecular weight is 350 g/mol. The number of nitrogens with zero attached hydrogens (tertiary/aromatic N) is 3. The van der Waals surface area contributed by atoms with Crippen molar-refractivity contribution in [3.63, 3.8) is 0 Å². The Bertz CT molecular complexity index is 697. The molecule has 0 bridgehead atoms. The molecule has 0 unspecified atom stereocenters. The number of halogens is 1. The van der Waals surface area contributed by atoms with Crippen molar-refractivity contribution < 1.29 is 9.18 Å². The minimum absolute atomic E-state index is 0.137. The van der Waals surface area contributed by atoms with Gasteiger partial charge in [-0.2, -0.15) is 0 Å². The quantitative estimate of drug-likeness (QED) is 0.869. The Labute approximate surface area is 145 Å². The van der Waals surface area contributed by atoms with E-state index >= 15 is 0 Å². The first kappa shape index (κ1) is 17.1. The monoisotopic (exact) mass is 350 g/mol. The zero-order chi connectivity index (χ0) is 16.9. The van der Waals surface area contributed by atoms with Crippen LogP contribution in [0.3, 0.4) is 0 Å². The third kappa shape index (κ3) is 4.21. The summed E-state index contributed by atoms with van der Waals surface area (Å²) < 4.78 is 14.2. The maximum Gasteiger partial charge on any atom is 0.220 e. The number of anilines is 1. The van der Waals surface area contributed by atoms with Crippen molar-refractivity contribution in [2.24, 2.45) is 0 Å². The molecule has 1 aromatic heterocycles. The molecule has 0 atom stereocenters.